The van der Waals surface area contributed by atoms with Crippen LogP contribution in [0.1, 0.15) is 37.3 Å². The number of aromatic nitrogens is 1. The van der Waals surface area contributed by atoms with E-state index in [0.29, 0.717) is 10.2 Å². The highest BCUT2D eigenvalue weighted by Crippen LogP contribution is 2.43. The first-order valence-electron chi connectivity index (χ1n) is 5.16. The average molecular weight is 254 g/mol. The fraction of sp³-hybridized carbons (Fsp3) is 0.583. The van der Waals surface area contributed by atoms with Gasteiger partial charge in [0.2, 0.25) is 0 Å². The number of aryl methyl sites for hydroxylation is 1. The van der Waals surface area contributed by atoms with Gasteiger partial charge in [0.05, 0.1) is 0 Å². The molecular weight excluding hydrogens is 238 g/mol. The average Bonchev–Trinajstić information content (AvgIpc) is 2.48. The highest BCUT2D eigenvalue weighted by Gasteiger charge is 2.35. The van der Waals surface area contributed by atoms with Crippen LogP contribution in [0.4, 0.5) is 0 Å². The van der Waals surface area contributed by atoms with Crippen molar-refractivity contribution in [3.8, 4) is 0 Å². The van der Waals surface area contributed by atoms with E-state index < -0.39 is 0 Å². The van der Waals surface area contributed by atoms with E-state index in [1.165, 1.54) is 30.4 Å². The maximum absolute atomic E-state index is 4.28. The van der Waals surface area contributed by atoms with Gasteiger partial charge < -0.3 is 0 Å². The van der Waals surface area contributed by atoms with Gasteiger partial charge in [-0.1, -0.05) is 28.9 Å². The topological polar surface area (TPSA) is 12.9 Å². The molecule has 1 nitrogen and oxygen atoms in total. The third kappa shape index (κ3) is 1.85. The molecule has 14 heavy (non-hydrogen) atoms. The Labute approximate surface area is 94.1 Å². The van der Waals surface area contributed by atoms with Gasteiger partial charge in [-0.3, -0.25) is 4.98 Å². The lowest BCUT2D eigenvalue weighted by Gasteiger charge is -2.24. The van der Waals surface area contributed by atoms with E-state index in [9.17, 15) is 0 Å². The van der Waals surface area contributed by atoms with Crippen LogP contribution in [0.15, 0.2) is 18.5 Å². The Hall–Kier alpha value is -0.370. The normalized spacial score (nSPS) is 32.1. The molecule has 2 atom stereocenters. The molecule has 1 aliphatic carbocycles. The van der Waals surface area contributed by atoms with Crippen LogP contribution in [0.25, 0.3) is 0 Å². The van der Waals surface area contributed by atoms with Gasteiger partial charge in [-0.25, -0.2) is 0 Å². The van der Waals surface area contributed by atoms with Gasteiger partial charge in [-0.05, 0) is 42.7 Å². The monoisotopic (exact) mass is 253 g/mol. The first-order valence-corrected chi connectivity index (χ1v) is 6.08. The fourth-order valence-corrected chi connectivity index (χ4v) is 3.26. The molecule has 1 fully saturated rings. The zero-order valence-electron chi connectivity index (χ0n) is 8.76. The second kappa shape index (κ2) is 3.65. The van der Waals surface area contributed by atoms with Crippen molar-refractivity contribution in [3.63, 3.8) is 0 Å². The molecule has 1 heterocycles. The fourth-order valence-electron chi connectivity index (χ4n) is 2.32. The Kier molecular flexibility index (Phi) is 2.65. The summed E-state index contributed by atoms with van der Waals surface area (Å²) in [6, 6.07) is 2.28. The summed E-state index contributed by atoms with van der Waals surface area (Å²) in [5, 5.41) is 0. The van der Waals surface area contributed by atoms with Crippen LogP contribution < -0.4 is 0 Å². The molecule has 0 bridgehead atoms. The summed E-state index contributed by atoms with van der Waals surface area (Å²) in [6.07, 6.45) is 7.74. The predicted octanol–water partition coefficient (Wildman–Crippen LogP) is 3.60. The molecule has 0 saturated heterocycles. The van der Waals surface area contributed by atoms with Crippen molar-refractivity contribution in [2.75, 3.05) is 0 Å². The van der Waals surface area contributed by atoms with Crippen molar-refractivity contribution >= 4 is 15.9 Å². The lowest BCUT2D eigenvalue weighted by Crippen LogP contribution is -2.18. The highest BCUT2D eigenvalue weighted by molar-refractivity contribution is 9.09. The summed E-state index contributed by atoms with van der Waals surface area (Å²) >= 11 is 3.71. The SMILES string of the molecule is Cc1cncc(C2(C)CCC(Br)C2)c1. The zero-order chi connectivity index (χ0) is 10.2. The molecule has 0 spiro atoms. The lowest BCUT2D eigenvalue weighted by molar-refractivity contribution is 0.491. The maximum atomic E-state index is 4.28. The van der Waals surface area contributed by atoms with E-state index in [0.717, 1.165) is 0 Å². The Morgan fingerprint density at radius 2 is 2.29 bits per heavy atom. The quantitative estimate of drug-likeness (QED) is 0.698. The maximum Gasteiger partial charge on any atom is 0.0305 e. The van der Waals surface area contributed by atoms with Gasteiger partial charge >= 0.3 is 0 Å². The standard InChI is InChI=1S/C12H16BrN/c1-9-5-10(8-14-7-9)12(2)4-3-11(13)6-12/h5,7-8,11H,3-4,6H2,1-2H3. The van der Waals surface area contributed by atoms with Crippen molar-refractivity contribution in [2.45, 2.75) is 43.4 Å². The van der Waals surface area contributed by atoms with Crippen molar-refractivity contribution in [1.29, 1.82) is 0 Å². The van der Waals surface area contributed by atoms with Crippen LogP contribution in [0.3, 0.4) is 0 Å². The van der Waals surface area contributed by atoms with Crippen LogP contribution in [0.5, 0.6) is 0 Å². The summed E-state index contributed by atoms with van der Waals surface area (Å²) < 4.78 is 0. The first kappa shape index (κ1) is 10.2. The summed E-state index contributed by atoms with van der Waals surface area (Å²) in [7, 11) is 0. The van der Waals surface area contributed by atoms with Crippen molar-refractivity contribution in [3.05, 3.63) is 29.6 Å². The number of hydrogen-bond donors (Lipinski definition) is 0. The lowest BCUT2D eigenvalue weighted by atomic mass is 9.81. The van der Waals surface area contributed by atoms with Gasteiger partial charge in [0.25, 0.3) is 0 Å². The Morgan fingerprint density at radius 1 is 1.50 bits per heavy atom. The smallest absolute Gasteiger partial charge is 0.0305 e. The Balaban J connectivity index is 2.30. The van der Waals surface area contributed by atoms with E-state index in [2.05, 4.69) is 40.8 Å². The number of pyridine rings is 1. The summed E-state index contributed by atoms with van der Waals surface area (Å²) in [4.78, 5) is 4.97. The molecular formula is C12H16BrN. The van der Waals surface area contributed by atoms with E-state index in [4.69, 9.17) is 0 Å². The molecule has 2 unspecified atom stereocenters. The molecule has 0 aromatic carbocycles. The third-order valence-electron chi connectivity index (χ3n) is 3.25. The van der Waals surface area contributed by atoms with Crippen molar-refractivity contribution in [1.82, 2.24) is 4.98 Å². The molecule has 0 N–H and O–H groups in total. The minimum Gasteiger partial charge on any atom is -0.264 e. The van der Waals surface area contributed by atoms with Crippen LogP contribution in [-0.2, 0) is 5.41 Å². The molecule has 76 valence electrons. The summed E-state index contributed by atoms with van der Waals surface area (Å²) in [6.45, 7) is 4.46. The first-order chi connectivity index (χ1) is 6.60. The van der Waals surface area contributed by atoms with Crippen LogP contribution in [0.2, 0.25) is 0 Å². The number of halogens is 1. The second-order valence-electron chi connectivity index (χ2n) is 4.65. The Bertz CT molecular complexity index is 337. The minimum atomic E-state index is 0.340. The van der Waals surface area contributed by atoms with E-state index >= 15 is 0 Å². The Morgan fingerprint density at radius 3 is 2.86 bits per heavy atom. The molecule has 1 aromatic heterocycles. The van der Waals surface area contributed by atoms with Gasteiger partial charge in [0, 0.05) is 17.2 Å². The van der Waals surface area contributed by atoms with Gasteiger partial charge in [-0.15, -0.1) is 0 Å². The van der Waals surface area contributed by atoms with Crippen molar-refractivity contribution < 1.29 is 0 Å². The zero-order valence-corrected chi connectivity index (χ0v) is 10.3. The predicted molar refractivity (Wildman–Crippen MR) is 62.9 cm³/mol. The second-order valence-corrected chi connectivity index (χ2v) is 5.95. The highest BCUT2D eigenvalue weighted by atomic mass is 79.9. The molecule has 0 aliphatic heterocycles. The van der Waals surface area contributed by atoms with E-state index in [-0.39, 0.29) is 0 Å². The minimum absolute atomic E-state index is 0.340. The number of nitrogens with zero attached hydrogens (tertiary/aromatic N) is 1. The van der Waals surface area contributed by atoms with E-state index in [1.807, 2.05) is 12.4 Å². The molecule has 1 aromatic rings. The molecule has 1 aliphatic rings. The molecule has 2 rings (SSSR count). The summed E-state index contributed by atoms with van der Waals surface area (Å²) in [5.41, 5.74) is 3.01. The molecule has 0 radical (unpaired) electrons. The molecule has 2 heteroatoms. The number of rotatable bonds is 1. The van der Waals surface area contributed by atoms with Crippen LogP contribution in [0, 0.1) is 6.92 Å². The van der Waals surface area contributed by atoms with Crippen molar-refractivity contribution in [2.24, 2.45) is 0 Å². The van der Waals surface area contributed by atoms with Gasteiger partial charge in [-0.2, -0.15) is 0 Å². The number of hydrogen-bond acceptors (Lipinski definition) is 1. The number of alkyl halides is 1. The molecule has 0 amide bonds. The van der Waals surface area contributed by atoms with Gasteiger partial charge in [0.1, 0.15) is 0 Å². The molecule has 1 saturated carbocycles. The van der Waals surface area contributed by atoms with Crippen LogP contribution in [-0.4, -0.2) is 9.81 Å². The van der Waals surface area contributed by atoms with Gasteiger partial charge in [0.15, 0.2) is 0 Å². The van der Waals surface area contributed by atoms with E-state index in [1.54, 1.807) is 0 Å². The van der Waals surface area contributed by atoms with Crippen LogP contribution >= 0.6 is 15.9 Å². The third-order valence-corrected chi connectivity index (χ3v) is 4.03. The largest absolute Gasteiger partial charge is 0.264 e. The summed E-state index contributed by atoms with van der Waals surface area (Å²) in [5.74, 6) is 0.